The summed E-state index contributed by atoms with van der Waals surface area (Å²) in [6, 6.07) is 6.13. The molecule has 5 nitrogen and oxygen atoms in total. The summed E-state index contributed by atoms with van der Waals surface area (Å²) in [5.41, 5.74) is 0.592. The number of hydrogen-bond acceptors (Lipinski definition) is 3. The first-order valence-electron chi connectivity index (χ1n) is 7.43. The van der Waals surface area contributed by atoms with E-state index in [2.05, 4.69) is 10.6 Å². The number of carbonyl (C=O) groups excluding carboxylic acids is 1. The van der Waals surface area contributed by atoms with E-state index in [1.54, 1.807) is 24.3 Å². The minimum absolute atomic E-state index is 0.246. The van der Waals surface area contributed by atoms with Gasteiger partial charge >= 0.3 is 6.03 Å². The molecule has 116 valence electrons. The Kier molecular flexibility index (Phi) is 5.22. The van der Waals surface area contributed by atoms with Crippen molar-refractivity contribution in [3.63, 3.8) is 0 Å². The summed E-state index contributed by atoms with van der Waals surface area (Å²) in [7, 11) is -3.23. The summed E-state index contributed by atoms with van der Waals surface area (Å²) in [6.45, 7) is 2.59. The van der Waals surface area contributed by atoms with E-state index in [0.29, 0.717) is 17.1 Å². The van der Waals surface area contributed by atoms with Crippen LogP contribution < -0.4 is 10.6 Å². The maximum absolute atomic E-state index is 12.4. The third-order valence-electron chi connectivity index (χ3n) is 3.72. The molecule has 1 fully saturated rings. The van der Waals surface area contributed by atoms with Gasteiger partial charge in [-0.2, -0.15) is 0 Å². The van der Waals surface area contributed by atoms with E-state index in [1.165, 1.54) is 0 Å². The maximum atomic E-state index is 12.4. The highest BCUT2D eigenvalue weighted by Crippen LogP contribution is 2.29. The van der Waals surface area contributed by atoms with Crippen molar-refractivity contribution in [3.05, 3.63) is 24.3 Å². The molecule has 2 rings (SSSR count). The van der Waals surface area contributed by atoms with Crippen molar-refractivity contribution in [2.45, 2.75) is 49.2 Å². The van der Waals surface area contributed by atoms with Crippen molar-refractivity contribution in [2.75, 3.05) is 11.9 Å². The zero-order valence-electron chi connectivity index (χ0n) is 12.3. The van der Waals surface area contributed by atoms with Crippen LogP contribution in [-0.4, -0.2) is 26.2 Å². The van der Waals surface area contributed by atoms with Crippen molar-refractivity contribution in [1.29, 1.82) is 0 Å². The highest BCUT2D eigenvalue weighted by atomic mass is 32.2. The van der Waals surface area contributed by atoms with Crippen LogP contribution in [0.5, 0.6) is 0 Å². The number of sulfone groups is 1. The van der Waals surface area contributed by atoms with E-state index in [-0.39, 0.29) is 11.3 Å². The van der Waals surface area contributed by atoms with Crippen LogP contribution in [0.25, 0.3) is 0 Å². The van der Waals surface area contributed by atoms with Gasteiger partial charge in [-0.15, -0.1) is 0 Å². The first-order chi connectivity index (χ1) is 10.0. The molecule has 21 heavy (non-hydrogen) atoms. The molecule has 0 saturated heterocycles. The number of benzene rings is 1. The van der Waals surface area contributed by atoms with Gasteiger partial charge in [-0.25, -0.2) is 13.2 Å². The van der Waals surface area contributed by atoms with Crippen LogP contribution in [0.2, 0.25) is 0 Å². The third kappa shape index (κ3) is 3.97. The lowest BCUT2D eigenvalue weighted by Crippen LogP contribution is -2.29. The smallest absolute Gasteiger partial charge is 0.319 e. The fourth-order valence-corrected chi connectivity index (χ4v) is 4.39. The maximum Gasteiger partial charge on any atom is 0.319 e. The fraction of sp³-hybridized carbons (Fsp3) is 0.533. The number of rotatable bonds is 5. The molecule has 1 aromatic rings. The summed E-state index contributed by atoms with van der Waals surface area (Å²) < 4.78 is 24.8. The summed E-state index contributed by atoms with van der Waals surface area (Å²) in [6.07, 6.45) is 4.35. The Bertz CT molecular complexity index is 575. The molecule has 0 aromatic heterocycles. The average molecular weight is 310 g/mol. The average Bonchev–Trinajstić information content (AvgIpc) is 3.00. The van der Waals surface area contributed by atoms with Crippen LogP contribution >= 0.6 is 0 Å². The van der Waals surface area contributed by atoms with Crippen molar-refractivity contribution in [3.8, 4) is 0 Å². The number of hydrogen-bond donors (Lipinski definition) is 2. The highest BCUT2D eigenvalue weighted by molar-refractivity contribution is 7.92. The molecule has 0 unspecified atom stereocenters. The SMILES string of the molecule is CCCNC(=O)Nc1ccc(S(=O)(=O)C2CCCC2)cc1. The molecule has 2 amide bonds. The van der Waals surface area contributed by atoms with E-state index in [9.17, 15) is 13.2 Å². The normalized spacial score (nSPS) is 15.9. The molecule has 1 saturated carbocycles. The van der Waals surface area contributed by atoms with Gasteiger partial charge in [0.2, 0.25) is 0 Å². The summed E-state index contributed by atoms with van der Waals surface area (Å²) in [5.74, 6) is 0. The Balaban J connectivity index is 2.03. The Morgan fingerprint density at radius 2 is 1.81 bits per heavy atom. The van der Waals surface area contributed by atoms with Gasteiger partial charge in [0.1, 0.15) is 0 Å². The summed E-state index contributed by atoms with van der Waals surface area (Å²) in [4.78, 5) is 11.9. The van der Waals surface area contributed by atoms with Crippen molar-refractivity contribution < 1.29 is 13.2 Å². The van der Waals surface area contributed by atoms with Gasteiger partial charge in [0.25, 0.3) is 0 Å². The second-order valence-corrected chi connectivity index (χ2v) is 7.58. The van der Waals surface area contributed by atoms with E-state index >= 15 is 0 Å². The lowest BCUT2D eigenvalue weighted by Gasteiger charge is -2.12. The zero-order chi connectivity index (χ0) is 15.3. The van der Waals surface area contributed by atoms with E-state index in [0.717, 1.165) is 32.1 Å². The number of nitrogens with one attached hydrogen (secondary N) is 2. The minimum Gasteiger partial charge on any atom is -0.338 e. The number of urea groups is 1. The molecule has 0 spiro atoms. The molecule has 1 aliphatic carbocycles. The monoisotopic (exact) mass is 310 g/mol. The van der Waals surface area contributed by atoms with Crippen LogP contribution in [0, 0.1) is 0 Å². The predicted octanol–water partition coefficient (Wildman–Crippen LogP) is 2.93. The third-order valence-corrected chi connectivity index (χ3v) is 6.00. The van der Waals surface area contributed by atoms with Crippen LogP contribution in [0.1, 0.15) is 39.0 Å². The lowest BCUT2D eigenvalue weighted by molar-refractivity contribution is 0.252. The lowest BCUT2D eigenvalue weighted by atomic mass is 10.3. The van der Waals surface area contributed by atoms with E-state index in [1.807, 2.05) is 6.92 Å². The molecular formula is C15H22N2O3S. The molecular weight excluding hydrogens is 288 g/mol. The zero-order valence-corrected chi connectivity index (χ0v) is 13.1. The quantitative estimate of drug-likeness (QED) is 0.878. The minimum atomic E-state index is -3.23. The molecule has 0 aliphatic heterocycles. The molecule has 1 aliphatic rings. The standard InChI is InChI=1S/C15H22N2O3S/c1-2-11-16-15(18)17-12-7-9-14(10-8-12)21(19,20)13-5-3-4-6-13/h7-10,13H,2-6,11H2,1H3,(H2,16,17,18). The predicted molar refractivity (Wildman–Crippen MR) is 83.2 cm³/mol. The number of anilines is 1. The van der Waals surface area contributed by atoms with Gasteiger partial charge in [0.05, 0.1) is 10.1 Å². The number of amides is 2. The topological polar surface area (TPSA) is 75.3 Å². The summed E-state index contributed by atoms with van der Waals surface area (Å²) in [5, 5.41) is 5.14. The van der Waals surface area contributed by atoms with Gasteiger partial charge in [-0.05, 0) is 43.5 Å². The van der Waals surface area contributed by atoms with Crippen LogP contribution in [0.15, 0.2) is 29.2 Å². The van der Waals surface area contributed by atoms with E-state index in [4.69, 9.17) is 0 Å². The first kappa shape index (κ1) is 15.8. The van der Waals surface area contributed by atoms with Gasteiger partial charge in [-0.3, -0.25) is 0 Å². The fourth-order valence-electron chi connectivity index (χ4n) is 2.53. The second kappa shape index (κ2) is 6.93. The molecule has 0 heterocycles. The molecule has 0 atom stereocenters. The van der Waals surface area contributed by atoms with Gasteiger partial charge in [0.15, 0.2) is 9.84 Å². The van der Waals surface area contributed by atoms with Gasteiger partial charge in [-0.1, -0.05) is 19.8 Å². The largest absolute Gasteiger partial charge is 0.338 e. The first-order valence-corrected chi connectivity index (χ1v) is 8.97. The Morgan fingerprint density at radius 3 is 2.38 bits per heavy atom. The van der Waals surface area contributed by atoms with Crippen LogP contribution in [0.4, 0.5) is 10.5 Å². The Hall–Kier alpha value is -1.56. The van der Waals surface area contributed by atoms with Gasteiger partial charge in [0, 0.05) is 12.2 Å². The highest BCUT2D eigenvalue weighted by Gasteiger charge is 2.30. The van der Waals surface area contributed by atoms with Crippen LogP contribution in [-0.2, 0) is 9.84 Å². The molecule has 0 radical (unpaired) electrons. The molecule has 0 bridgehead atoms. The Labute approximate surface area is 126 Å². The molecule has 1 aromatic carbocycles. The van der Waals surface area contributed by atoms with Crippen molar-refractivity contribution >= 4 is 21.6 Å². The van der Waals surface area contributed by atoms with Gasteiger partial charge < -0.3 is 10.6 Å². The Morgan fingerprint density at radius 1 is 1.19 bits per heavy atom. The van der Waals surface area contributed by atoms with Crippen LogP contribution in [0.3, 0.4) is 0 Å². The summed E-state index contributed by atoms with van der Waals surface area (Å²) >= 11 is 0. The van der Waals surface area contributed by atoms with Crippen molar-refractivity contribution in [1.82, 2.24) is 5.32 Å². The second-order valence-electron chi connectivity index (χ2n) is 5.36. The molecule has 6 heteroatoms. The number of carbonyl (C=O) groups is 1. The van der Waals surface area contributed by atoms with E-state index < -0.39 is 9.84 Å². The van der Waals surface area contributed by atoms with Crippen molar-refractivity contribution in [2.24, 2.45) is 0 Å². The molecule has 2 N–H and O–H groups in total.